The zero-order valence-electron chi connectivity index (χ0n) is 11.9. The van der Waals surface area contributed by atoms with E-state index in [2.05, 4.69) is 5.32 Å². The minimum Gasteiger partial charge on any atom is -0.315 e. The van der Waals surface area contributed by atoms with Crippen LogP contribution < -0.4 is 5.32 Å². The molecule has 1 unspecified atom stereocenters. The Balaban J connectivity index is 2.88. The second kappa shape index (κ2) is 7.43. The number of hydrogen-bond acceptors (Lipinski definition) is 3. The van der Waals surface area contributed by atoms with Gasteiger partial charge in [0.05, 0.1) is 0 Å². The van der Waals surface area contributed by atoms with Crippen molar-refractivity contribution in [2.24, 2.45) is 0 Å². The van der Waals surface area contributed by atoms with Crippen LogP contribution in [0, 0.1) is 0 Å². The Morgan fingerprint density at radius 3 is 2.33 bits per heavy atom. The third kappa shape index (κ3) is 3.66. The molecule has 0 aromatic carbocycles. The third-order valence-corrected chi connectivity index (χ3v) is 5.69. The van der Waals surface area contributed by atoms with E-state index in [0.717, 1.165) is 32.4 Å². The average molecular weight is 277 g/mol. The lowest BCUT2D eigenvalue weighted by Crippen LogP contribution is -2.53. The van der Waals surface area contributed by atoms with Crippen LogP contribution in [0.3, 0.4) is 0 Å². The lowest BCUT2D eigenvalue weighted by atomic mass is 10.1. The SMILES string of the molecule is CCCN(C1CCCNC1)S(=O)(=O)N(CC)CC. The van der Waals surface area contributed by atoms with E-state index in [4.69, 9.17) is 0 Å². The number of hydrogen-bond donors (Lipinski definition) is 1. The number of nitrogens with one attached hydrogen (secondary N) is 1. The summed E-state index contributed by atoms with van der Waals surface area (Å²) in [5.74, 6) is 0. The number of nitrogens with zero attached hydrogens (tertiary/aromatic N) is 2. The predicted molar refractivity (Wildman–Crippen MR) is 74.7 cm³/mol. The van der Waals surface area contributed by atoms with E-state index >= 15 is 0 Å². The van der Waals surface area contributed by atoms with Crippen LogP contribution in [0.15, 0.2) is 0 Å². The fraction of sp³-hybridized carbons (Fsp3) is 1.00. The van der Waals surface area contributed by atoms with Gasteiger partial charge in [-0.2, -0.15) is 17.0 Å². The normalized spacial score (nSPS) is 21.7. The smallest absolute Gasteiger partial charge is 0.282 e. The summed E-state index contributed by atoms with van der Waals surface area (Å²) in [5.41, 5.74) is 0. The van der Waals surface area contributed by atoms with Crippen LogP contribution in [-0.2, 0) is 10.2 Å². The molecule has 1 saturated heterocycles. The Kier molecular flexibility index (Phi) is 6.55. The van der Waals surface area contributed by atoms with Crippen LogP contribution in [0.5, 0.6) is 0 Å². The molecule has 0 radical (unpaired) electrons. The van der Waals surface area contributed by atoms with Crippen molar-refractivity contribution in [1.29, 1.82) is 0 Å². The molecule has 108 valence electrons. The van der Waals surface area contributed by atoms with Gasteiger partial charge in [0, 0.05) is 32.2 Å². The van der Waals surface area contributed by atoms with Crippen molar-refractivity contribution < 1.29 is 8.42 Å². The number of rotatable bonds is 7. The van der Waals surface area contributed by atoms with Crippen molar-refractivity contribution in [3.63, 3.8) is 0 Å². The van der Waals surface area contributed by atoms with Gasteiger partial charge in [-0.25, -0.2) is 0 Å². The molecule has 1 aliphatic heterocycles. The van der Waals surface area contributed by atoms with Crippen molar-refractivity contribution in [2.75, 3.05) is 32.7 Å². The van der Waals surface area contributed by atoms with Gasteiger partial charge in [0.2, 0.25) is 0 Å². The van der Waals surface area contributed by atoms with E-state index < -0.39 is 10.2 Å². The molecular formula is C12H27N3O2S. The molecule has 1 aliphatic rings. The molecule has 1 fully saturated rings. The van der Waals surface area contributed by atoms with Crippen molar-refractivity contribution in [2.45, 2.75) is 46.1 Å². The van der Waals surface area contributed by atoms with Crippen LogP contribution in [0.1, 0.15) is 40.0 Å². The second-order valence-electron chi connectivity index (χ2n) is 4.70. The second-order valence-corrected chi connectivity index (χ2v) is 6.58. The maximum Gasteiger partial charge on any atom is 0.282 e. The highest BCUT2D eigenvalue weighted by molar-refractivity contribution is 7.86. The van der Waals surface area contributed by atoms with Crippen LogP contribution in [-0.4, -0.2) is 55.8 Å². The molecule has 0 saturated carbocycles. The van der Waals surface area contributed by atoms with E-state index in [-0.39, 0.29) is 6.04 Å². The summed E-state index contributed by atoms with van der Waals surface area (Å²) in [4.78, 5) is 0. The molecule has 6 heteroatoms. The van der Waals surface area contributed by atoms with Gasteiger partial charge in [-0.3, -0.25) is 0 Å². The molecule has 0 amide bonds. The van der Waals surface area contributed by atoms with Gasteiger partial charge in [0.1, 0.15) is 0 Å². The molecule has 0 spiro atoms. The zero-order chi connectivity index (χ0) is 13.6. The van der Waals surface area contributed by atoms with Crippen molar-refractivity contribution in [3.8, 4) is 0 Å². The van der Waals surface area contributed by atoms with E-state index in [1.807, 2.05) is 20.8 Å². The van der Waals surface area contributed by atoms with Crippen LogP contribution in [0.25, 0.3) is 0 Å². The van der Waals surface area contributed by atoms with Gasteiger partial charge < -0.3 is 5.32 Å². The summed E-state index contributed by atoms with van der Waals surface area (Å²) in [6.07, 6.45) is 2.88. The van der Waals surface area contributed by atoms with Gasteiger partial charge >= 0.3 is 0 Å². The third-order valence-electron chi connectivity index (χ3n) is 3.45. The maximum absolute atomic E-state index is 12.6. The maximum atomic E-state index is 12.6. The lowest BCUT2D eigenvalue weighted by Gasteiger charge is -2.36. The largest absolute Gasteiger partial charge is 0.315 e. The summed E-state index contributed by atoms with van der Waals surface area (Å²) in [6.45, 7) is 9.29. The fourth-order valence-corrected chi connectivity index (χ4v) is 4.40. The molecule has 1 heterocycles. The minimum atomic E-state index is -3.30. The average Bonchev–Trinajstić information content (AvgIpc) is 2.38. The van der Waals surface area contributed by atoms with E-state index in [0.29, 0.717) is 19.6 Å². The van der Waals surface area contributed by atoms with Gasteiger partial charge in [-0.15, -0.1) is 0 Å². The molecule has 1 rings (SSSR count). The topological polar surface area (TPSA) is 52.7 Å². The van der Waals surface area contributed by atoms with Crippen molar-refractivity contribution >= 4 is 10.2 Å². The number of piperidine rings is 1. The highest BCUT2D eigenvalue weighted by Gasteiger charge is 2.33. The zero-order valence-corrected chi connectivity index (χ0v) is 12.7. The quantitative estimate of drug-likeness (QED) is 0.756. The first-order valence-electron chi connectivity index (χ1n) is 7.05. The Morgan fingerprint density at radius 2 is 1.89 bits per heavy atom. The standard InChI is InChI=1S/C12H27N3O2S/c1-4-10-15(12-8-7-9-13-11-12)18(16,17)14(5-2)6-3/h12-13H,4-11H2,1-3H3. The Morgan fingerprint density at radius 1 is 1.22 bits per heavy atom. The van der Waals surface area contributed by atoms with E-state index in [1.165, 1.54) is 0 Å². The summed E-state index contributed by atoms with van der Waals surface area (Å²) in [7, 11) is -3.30. The van der Waals surface area contributed by atoms with Crippen molar-refractivity contribution in [3.05, 3.63) is 0 Å². The van der Waals surface area contributed by atoms with Crippen LogP contribution in [0.4, 0.5) is 0 Å². The molecule has 1 atom stereocenters. The molecule has 0 aliphatic carbocycles. The first-order chi connectivity index (χ1) is 8.57. The summed E-state index contributed by atoms with van der Waals surface area (Å²) >= 11 is 0. The molecular weight excluding hydrogens is 250 g/mol. The lowest BCUT2D eigenvalue weighted by molar-refractivity contribution is 0.246. The van der Waals surface area contributed by atoms with Gasteiger partial charge in [0.15, 0.2) is 0 Å². The van der Waals surface area contributed by atoms with Crippen molar-refractivity contribution in [1.82, 2.24) is 13.9 Å². The molecule has 18 heavy (non-hydrogen) atoms. The Labute approximate surface area is 112 Å². The van der Waals surface area contributed by atoms with Gasteiger partial charge in [0.25, 0.3) is 10.2 Å². The molecule has 0 aromatic rings. The molecule has 5 nitrogen and oxygen atoms in total. The summed E-state index contributed by atoms with van der Waals surface area (Å²) in [6, 6.07) is 0.115. The molecule has 0 aromatic heterocycles. The fourth-order valence-electron chi connectivity index (χ4n) is 2.48. The highest BCUT2D eigenvalue weighted by Crippen LogP contribution is 2.18. The van der Waals surface area contributed by atoms with Gasteiger partial charge in [-0.05, 0) is 25.8 Å². The predicted octanol–water partition coefficient (Wildman–Crippen LogP) is 1.04. The first-order valence-corrected chi connectivity index (χ1v) is 8.45. The Hall–Kier alpha value is -0.170. The van der Waals surface area contributed by atoms with Gasteiger partial charge in [-0.1, -0.05) is 20.8 Å². The van der Waals surface area contributed by atoms with E-state index in [1.54, 1.807) is 8.61 Å². The molecule has 0 bridgehead atoms. The minimum absolute atomic E-state index is 0.115. The van der Waals surface area contributed by atoms with Crippen LogP contribution >= 0.6 is 0 Å². The monoisotopic (exact) mass is 277 g/mol. The summed E-state index contributed by atoms with van der Waals surface area (Å²) in [5, 5.41) is 3.30. The van der Waals surface area contributed by atoms with Crippen LogP contribution in [0.2, 0.25) is 0 Å². The molecule has 1 N–H and O–H groups in total. The Bertz CT molecular complexity index is 322. The highest BCUT2D eigenvalue weighted by atomic mass is 32.2. The van der Waals surface area contributed by atoms with E-state index in [9.17, 15) is 8.42 Å². The summed E-state index contributed by atoms with van der Waals surface area (Å²) < 4.78 is 28.5. The first kappa shape index (κ1) is 15.9.